The van der Waals surface area contributed by atoms with Crippen LogP contribution in [0.1, 0.15) is 23.9 Å². The van der Waals surface area contributed by atoms with Gasteiger partial charge in [-0.25, -0.2) is 4.98 Å². The van der Waals surface area contributed by atoms with Crippen molar-refractivity contribution in [3.63, 3.8) is 0 Å². The van der Waals surface area contributed by atoms with Crippen LogP contribution < -0.4 is 0 Å². The highest BCUT2D eigenvalue weighted by Gasteiger charge is 2.26. The predicted molar refractivity (Wildman–Crippen MR) is 82.8 cm³/mol. The number of aryl methyl sites for hydroxylation is 1. The molecule has 0 spiro atoms. The molecule has 4 aromatic rings. The molecule has 0 N–H and O–H groups in total. The minimum atomic E-state index is 0.241. The molecule has 3 aromatic heterocycles. The third kappa shape index (κ3) is 2.06. The monoisotopic (exact) mass is 306 g/mol. The van der Waals surface area contributed by atoms with E-state index in [-0.39, 0.29) is 5.92 Å². The van der Waals surface area contributed by atoms with Gasteiger partial charge in [-0.15, -0.1) is 0 Å². The van der Waals surface area contributed by atoms with Crippen LogP contribution in [0.4, 0.5) is 0 Å². The molecular weight excluding hydrogens is 292 g/mol. The minimum absolute atomic E-state index is 0.241. The molecule has 1 aliphatic heterocycles. The van der Waals surface area contributed by atoms with Gasteiger partial charge in [0.1, 0.15) is 5.58 Å². The number of rotatable bonds is 2. The molecule has 0 radical (unpaired) electrons. The molecule has 0 saturated heterocycles. The maximum Gasteiger partial charge on any atom is 0.238 e. The molecule has 0 saturated carbocycles. The van der Waals surface area contributed by atoms with Gasteiger partial charge in [0.2, 0.25) is 11.7 Å². The van der Waals surface area contributed by atoms with Crippen LogP contribution in [0.3, 0.4) is 0 Å². The van der Waals surface area contributed by atoms with Crippen LogP contribution >= 0.6 is 0 Å². The summed E-state index contributed by atoms with van der Waals surface area (Å²) in [6.07, 6.45) is 5.63. The highest BCUT2D eigenvalue weighted by Crippen LogP contribution is 2.31. The number of hydrogen-bond acceptors (Lipinski definition) is 5. The van der Waals surface area contributed by atoms with Gasteiger partial charge in [-0.1, -0.05) is 23.4 Å². The highest BCUT2D eigenvalue weighted by molar-refractivity contribution is 5.81. The zero-order valence-electron chi connectivity index (χ0n) is 12.3. The quantitative estimate of drug-likeness (QED) is 0.567. The van der Waals surface area contributed by atoms with Crippen molar-refractivity contribution in [1.29, 1.82) is 0 Å². The Balaban J connectivity index is 1.46. The van der Waals surface area contributed by atoms with E-state index in [4.69, 9.17) is 8.94 Å². The second-order valence-corrected chi connectivity index (χ2v) is 5.87. The van der Waals surface area contributed by atoms with E-state index in [2.05, 4.69) is 19.7 Å². The fourth-order valence-corrected chi connectivity index (χ4v) is 3.17. The van der Waals surface area contributed by atoms with Gasteiger partial charge in [-0.2, -0.15) is 4.98 Å². The van der Waals surface area contributed by atoms with Crippen molar-refractivity contribution >= 4 is 11.0 Å². The standard InChI is InChI=1S/C17H14N4O2/c1-2-4-14-11(3-1)8-15(22-14)16-19-17(23-20-16)12-5-6-21-10-18-9-13(21)7-12/h1-4,8-10,12H,5-7H2. The predicted octanol–water partition coefficient (Wildman–Crippen LogP) is 3.41. The van der Waals surface area contributed by atoms with Gasteiger partial charge < -0.3 is 13.5 Å². The Morgan fingerprint density at radius 2 is 2.17 bits per heavy atom. The maximum absolute atomic E-state index is 5.80. The van der Waals surface area contributed by atoms with Crippen LogP contribution in [0.5, 0.6) is 0 Å². The largest absolute Gasteiger partial charge is 0.453 e. The number of aromatic nitrogens is 4. The molecule has 114 valence electrons. The lowest BCUT2D eigenvalue weighted by Crippen LogP contribution is -2.17. The van der Waals surface area contributed by atoms with E-state index < -0.39 is 0 Å². The average Bonchev–Trinajstić information content (AvgIpc) is 3.31. The first-order valence-electron chi connectivity index (χ1n) is 7.68. The molecule has 5 rings (SSSR count). The smallest absolute Gasteiger partial charge is 0.238 e. The number of benzene rings is 1. The van der Waals surface area contributed by atoms with Crippen molar-refractivity contribution in [3.8, 4) is 11.6 Å². The zero-order valence-corrected chi connectivity index (χ0v) is 12.3. The van der Waals surface area contributed by atoms with E-state index in [0.29, 0.717) is 17.5 Å². The number of hydrogen-bond donors (Lipinski definition) is 0. The summed E-state index contributed by atoms with van der Waals surface area (Å²) in [5.74, 6) is 2.06. The van der Waals surface area contributed by atoms with Gasteiger partial charge >= 0.3 is 0 Å². The molecule has 0 aliphatic carbocycles. The molecule has 23 heavy (non-hydrogen) atoms. The summed E-state index contributed by atoms with van der Waals surface area (Å²) in [7, 11) is 0. The van der Waals surface area contributed by atoms with E-state index in [1.165, 1.54) is 5.69 Å². The van der Waals surface area contributed by atoms with Crippen LogP contribution in [0, 0.1) is 0 Å². The zero-order chi connectivity index (χ0) is 15.2. The van der Waals surface area contributed by atoms with Gasteiger partial charge in [-0.3, -0.25) is 0 Å². The van der Waals surface area contributed by atoms with Crippen molar-refractivity contribution in [3.05, 3.63) is 54.4 Å². The second-order valence-electron chi connectivity index (χ2n) is 5.87. The van der Waals surface area contributed by atoms with Gasteiger partial charge in [0.05, 0.1) is 6.33 Å². The van der Waals surface area contributed by atoms with Crippen molar-refractivity contribution in [1.82, 2.24) is 19.7 Å². The number of furan rings is 1. The fraction of sp³-hybridized carbons (Fsp3) is 0.235. The third-order valence-corrected chi connectivity index (χ3v) is 4.41. The van der Waals surface area contributed by atoms with Gasteiger partial charge in [0.25, 0.3) is 0 Å². The van der Waals surface area contributed by atoms with E-state index in [9.17, 15) is 0 Å². The van der Waals surface area contributed by atoms with Crippen molar-refractivity contribution in [2.45, 2.75) is 25.3 Å². The molecule has 1 unspecified atom stereocenters. The molecule has 4 heterocycles. The number of nitrogens with zero attached hydrogens (tertiary/aromatic N) is 4. The molecule has 0 fully saturated rings. The molecule has 6 heteroatoms. The van der Waals surface area contributed by atoms with E-state index >= 15 is 0 Å². The molecular formula is C17H14N4O2. The Kier molecular flexibility index (Phi) is 2.64. The van der Waals surface area contributed by atoms with Crippen LogP contribution in [0.25, 0.3) is 22.6 Å². The Morgan fingerprint density at radius 3 is 3.13 bits per heavy atom. The molecule has 1 atom stereocenters. The fourth-order valence-electron chi connectivity index (χ4n) is 3.17. The van der Waals surface area contributed by atoms with Crippen LogP contribution in [0.15, 0.2) is 51.8 Å². The molecule has 1 aliphatic rings. The highest BCUT2D eigenvalue weighted by atomic mass is 16.5. The average molecular weight is 306 g/mol. The Labute approximate surface area is 131 Å². The van der Waals surface area contributed by atoms with Crippen LogP contribution in [-0.4, -0.2) is 19.7 Å². The van der Waals surface area contributed by atoms with E-state index in [1.807, 2.05) is 42.9 Å². The normalized spacial score (nSPS) is 17.5. The number of fused-ring (bicyclic) bond motifs is 2. The lowest BCUT2D eigenvalue weighted by molar-refractivity contribution is 0.325. The molecule has 0 bridgehead atoms. The third-order valence-electron chi connectivity index (χ3n) is 4.41. The summed E-state index contributed by atoms with van der Waals surface area (Å²) in [5, 5.41) is 5.14. The lowest BCUT2D eigenvalue weighted by Gasteiger charge is -2.20. The Hall–Kier alpha value is -2.89. The summed E-state index contributed by atoms with van der Waals surface area (Å²) in [4.78, 5) is 8.75. The van der Waals surface area contributed by atoms with Gasteiger partial charge in [-0.05, 0) is 18.6 Å². The Bertz CT molecular complexity index is 948. The lowest BCUT2D eigenvalue weighted by atomic mass is 9.96. The van der Waals surface area contributed by atoms with Crippen molar-refractivity contribution < 1.29 is 8.94 Å². The number of para-hydroxylation sites is 1. The summed E-state index contributed by atoms with van der Waals surface area (Å²) in [6, 6.07) is 9.81. The first-order chi connectivity index (χ1) is 11.4. The van der Waals surface area contributed by atoms with Crippen LogP contribution in [0.2, 0.25) is 0 Å². The minimum Gasteiger partial charge on any atom is -0.453 e. The van der Waals surface area contributed by atoms with Crippen molar-refractivity contribution in [2.24, 2.45) is 0 Å². The Morgan fingerprint density at radius 1 is 1.22 bits per heavy atom. The van der Waals surface area contributed by atoms with E-state index in [1.54, 1.807) is 0 Å². The topological polar surface area (TPSA) is 69.9 Å². The summed E-state index contributed by atoms with van der Waals surface area (Å²) in [6.45, 7) is 0.933. The van der Waals surface area contributed by atoms with Crippen LogP contribution in [-0.2, 0) is 13.0 Å². The maximum atomic E-state index is 5.80. The first-order valence-corrected chi connectivity index (χ1v) is 7.68. The van der Waals surface area contributed by atoms with E-state index in [0.717, 1.165) is 30.4 Å². The summed E-state index contributed by atoms with van der Waals surface area (Å²) < 4.78 is 13.5. The number of imidazole rings is 1. The van der Waals surface area contributed by atoms with Crippen molar-refractivity contribution in [2.75, 3.05) is 0 Å². The second kappa shape index (κ2) is 4.81. The summed E-state index contributed by atoms with van der Waals surface area (Å²) >= 11 is 0. The molecule has 1 aromatic carbocycles. The molecule has 0 amide bonds. The van der Waals surface area contributed by atoms with Gasteiger partial charge in [0, 0.05) is 36.2 Å². The summed E-state index contributed by atoms with van der Waals surface area (Å²) in [5.41, 5.74) is 2.04. The SMILES string of the molecule is c1ccc2oc(-c3noc(C4CCn5cncc5C4)n3)cc2c1. The van der Waals surface area contributed by atoms with Gasteiger partial charge in [0.15, 0.2) is 5.76 Å². The first kappa shape index (κ1) is 12.6. The molecule has 6 nitrogen and oxygen atoms in total.